The molecule has 1 aliphatic heterocycles. The number of aryl methyl sites for hydroxylation is 1. The van der Waals surface area contributed by atoms with Gasteiger partial charge in [0.25, 0.3) is 5.91 Å². The Hall–Kier alpha value is -2.60. The fourth-order valence-electron chi connectivity index (χ4n) is 3.34. The molecule has 2 aromatic heterocycles. The fraction of sp³-hybridized carbons (Fsp3) is 0.300. The third-order valence-electron chi connectivity index (χ3n) is 4.79. The first-order valence-corrected chi connectivity index (χ1v) is 9.79. The molecule has 0 unspecified atom stereocenters. The third kappa shape index (κ3) is 3.65. The predicted molar refractivity (Wildman–Crippen MR) is 106 cm³/mol. The van der Waals surface area contributed by atoms with Gasteiger partial charge in [-0.25, -0.2) is 0 Å². The molecule has 1 aliphatic rings. The first kappa shape index (κ1) is 16.8. The standard InChI is InChI=1S/C20H22N4OS/c1-14-4-2-5-15(12-14)20(25)21-16-7-9-24(10-8-16)19-13-17(22-23-19)18-6-3-11-26-18/h2-6,11-13,16H,7-10H2,1H3,(H,21,25)(H,22,23). The van der Waals surface area contributed by atoms with Crippen molar-refractivity contribution in [3.8, 4) is 10.6 Å². The zero-order valence-electron chi connectivity index (χ0n) is 14.7. The lowest BCUT2D eigenvalue weighted by Crippen LogP contribution is -2.44. The third-order valence-corrected chi connectivity index (χ3v) is 5.69. The second-order valence-corrected chi connectivity index (χ2v) is 7.67. The van der Waals surface area contributed by atoms with Gasteiger partial charge in [-0.3, -0.25) is 9.89 Å². The summed E-state index contributed by atoms with van der Waals surface area (Å²) in [6.45, 7) is 3.80. The van der Waals surface area contributed by atoms with Crippen LogP contribution in [0.2, 0.25) is 0 Å². The average Bonchev–Trinajstić information content (AvgIpc) is 3.34. The zero-order valence-corrected chi connectivity index (χ0v) is 15.6. The van der Waals surface area contributed by atoms with E-state index in [4.69, 9.17) is 0 Å². The van der Waals surface area contributed by atoms with E-state index in [0.717, 1.165) is 48.6 Å². The van der Waals surface area contributed by atoms with Crippen molar-refractivity contribution in [3.63, 3.8) is 0 Å². The molecule has 1 saturated heterocycles. The van der Waals surface area contributed by atoms with Crippen LogP contribution in [0, 0.1) is 6.92 Å². The molecule has 0 spiro atoms. The first-order chi connectivity index (χ1) is 12.7. The first-order valence-electron chi connectivity index (χ1n) is 8.91. The number of piperidine rings is 1. The van der Waals surface area contributed by atoms with Crippen LogP contribution in [0.5, 0.6) is 0 Å². The Morgan fingerprint density at radius 1 is 1.23 bits per heavy atom. The number of carbonyl (C=O) groups excluding carboxylic acids is 1. The van der Waals surface area contributed by atoms with Crippen LogP contribution >= 0.6 is 11.3 Å². The summed E-state index contributed by atoms with van der Waals surface area (Å²) in [4.78, 5) is 15.9. The SMILES string of the molecule is Cc1cccc(C(=O)NC2CCN(c3cc(-c4cccs4)[nH]n3)CC2)c1. The number of aromatic nitrogens is 2. The van der Waals surface area contributed by atoms with Gasteiger partial charge in [0.2, 0.25) is 0 Å². The highest BCUT2D eigenvalue weighted by Crippen LogP contribution is 2.27. The van der Waals surface area contributed by atoms with Crippen molar-refractivity contribution in [1.82, 2.24) is 15.5 Å². The molecular formula is C20H22N4OS. The van der Waals surface area contributed by atoms with Gasteiger partial charge < -0.3 is 10.2 Å². The molecule has 6 heteroatoms. The van der Waals surface area contributed by atoms with Crippen LogP contribution < -0.4 is 10.2 Å². The van der Waals surface area contributed by atoms with E-state index >= 15 is 0 Å². The monoisotopic (exact) mass is 366 g/mol. The molecule has 1 amide bonds. The summed E-state index contributed by atoms with van der Waals surface area (Å²) in [5.41, 5.74) is 2.90. The molecule has 0 atom stereocenters. The van der Waals surface area contributed by atoms with E-state index in [-0.39, 0.29) is 11.9 Å². The summed E-state index contributed by atoms with van der Waals surface area (Å²) >= 11 is 1.70. The summed E-state index contributed by atoms with van der Waals surface area (Å²) in [6.07, 6.45) is 1.86. The van der Waals surface area contributed by atoms with E-state index < -0.39 is 0 Å². The Labute approximate surface area is 157 Å². The van der Waals surface area contributed by atoms with Gasteiger partial charge in [0.05, 0.1) is 10.6 Å². The quantitative estimate of drug-likeness (QED) is 0.737. The Bertz CT molecular complexity index is 879. The molecule has 2 N–H and O–H groups in total. The average molecular weight is 366 g/mol. The maximum atomic E-state index is 12.4. The number of aromatic amines is 1. The van der Waals surface area contributed by atoms with Gasteiger partial charge in [0.1, 0.15) is 0 Å². The molecule has 3 aromatic rings. The molecule has 1 fully saturated rings. The van der Waals surface area contributed by atoms with Crippen LogP contribution in [-0.2, 0) is 0 Å². The molecule has 0 bridgehead atoms. The van der Waals surface area contributed by atoms with Gasteiger partial charge in [-0.1, -0.05) is 23.8 Å². The number of amides is 1. The maximum Gasteiger partial charge on any atom is 0.251 e. The second-order valence-electron chi connectivity index (χ2n) is 6.72. The topological polar surface area (TPSA) is 61.0 Å². The van der Waals surface area contributed by atoms with E-state index in [1.807, 2.05) is 37.3 Å². The van der Waals surface area contributed by atoms with Gasteiger partial charge in [-0.2, -0.15) is 5.10 Å². The van der Waals surface area contributed by atoms with Crippen LogP contribution in [0.4, 0.5) is 5.82 Å². The minimum atomic E-state index is 0.0203. The van der Waals surface area contributed by atoms with Crippen LogP contribution in [0.25, 0.3) is 10.6 Å². The number of hydrogen-bond donors (Lipinski definition) is 2. The van der Waals surface area contributed by atoms with Crippen LogP contribution in [0.1, 0.15) is 28.8 Å². The largest absolute Gasteiger partial charge is 0.355 e. The van der Waals surface area contributed by atoms with Crippen molar-refractivity contribution in [2.24, 2.45) is 0 Å². The van der Waals surface area contributed by atoms with E-state index in [9.17, 15) is 4.79 Å². The minimum Gasteiger partial charge on any atom is -0.355 e. The molecular weight excluding hydrogens is 344 g/mol. The highest BCUT2D eigenvalue weighted by atomic mass is 32.1. The number of anilines is 1. The van der Waals surface area contributed by atoms with Crippen molar-refractivity contribution >= 4 is 23.1 Å². The minimum absolute atomic E-state index is 0.0203. The highest BCUT2D eigenvalue weighted by molar-refractivity contribution is 7.13. The predicted octanol–water partition coefficient (Wildman–Crippen LogP) is 3.85. The smallest absolute Gasteiger partial charge is 0.251 e. The summed E-state index contributed by atoms with van der Waals surface area (Å²) < 4.78 is 0. The molecule has 1 aromatic carbocycles. The van der Waals surface area contributed by atoms with Crippen molar-refractivity contribution in [2.45, 2.75) is 25.8 Å². The van der Waals surface area contributed by atoms with Crippen LogP contribution in [0.15, 0.2) is 47.8 Å². The maximum absolute atomic E-state index is 12.4. The summed E-state index contributed by atoms with van der Waals surface area (Å²) in [5, 5.41) is 12.8. The molecule has 0 saturated carbocycles. The van der Waals surface area contributed by atoms with E-state index in [0.29, 0.717) is 0 Å². The number of hydrogen-bond acceptors (Lipinski definition) is 4. The Morgan fingerprint density at radius 3 is 2.81 bits per heavy atom. The lowest BCUT2D eigenvalue weighted by atomic mass is 10.0. The fourth-order valence-corrected chi connectivity index (χ4v) is 4.03. The van der Waals surface area contributed by atoms with Gasteiger partial charge in [0, 0.05) is 30.8 Å². The Kier molecular flexibility index (Phi) is 4.75. The second kappa shape index (κ2) is 7.33. The lowest BCUT2D eigenvalue weighted by Gasteiger charge is -2.32. The van der Waals surface area contributed by atoms with Gasteiger partial charge in [-0.05, 0) is 43.3 Å². The van der Waals surface area contributed by atoms with Gasteiger partial charge >= 0.3 is 0 Å². The van der Waals surface area contributed by atoms with Crippen molar-refractivity contribution in [1.29, 1.82) is 0 Å². The van der Waals surface area contributed by atoms with E-state index in [1.54, 1.807) is 11.3 Å². The molecule has 26 heavy (non-hydrogen) atoms. The molecule has 0 aliphatic carbocycles. The number of nitrogens with one attached hydrogen (secondary N) is 2. The molecule has 5 nitrogen and oxygen atoms in total. The number of benzene rings is 1. The van der Waals surface area contributed by atoms with Gasteiger partial charge in [-0.15, -0.1) is 11.3 Å². The Morgan fingerprint density at radius 2 is 2.08 bits per heavy atom. The van der Waals surface area contributed by atoms with Crippen LogP contribution in [0.3, 0.4) is 0 Å². The normalized spacial score (nSPS) is 15.2. The van der Waals surface area contributed by atoms with Crippen molar-refractivity contribution in [3.05, 3.63) is 59.0 Å². The number of carbonyl (C=O) groups is 1. The van der Waals surface area contributed by atoms with Gasteiger partial charge in [0.15, 0.2) is 5.82 Å². The number of rotatable bonds is 4. The molecule has 4 rings (SSSR count). The number of H-pyrrole nitrogens is 1. The molecule has 3 heterocycles. The Balaban J connectivity index is 1.33. The summed E-state index contributed by atoms with van der Waals surface area (Å²) in [6, 6.07) is 14.2. The van der Waals surface area contributed by atoms with E-state index in [2.05, 4.69) is 37.9 Å². The van der Waals surface area contributed by atoms with Crippen molar-refractivity contribution in [2.75, 3.05) is 18.0 Å². The highest BCUT2D eigenvalue weighted by Gasteiger charge is 2.23. The van der Waals surface area contributed by atoms with Crippen LogP contribution in [-0.4, -0.2) is 35.2 Å². The summed E-state index contributed by atoms with van der Waals surface area (Å²) in [7, 11) is 0. The summed E-state index contributed by atoms with van der Waals surface area (Å²) in [5.74, 6) is 1.00. The molecule has 134 valence electrons. The van der Waals surface area contributed by atoms with E-state index in [1.165, 1.54) is 4.88 Å². The molecule has 0 radical (unpaired) electrons. The lowest BCUT2D eigenvalue weighted by molar-refractivity contribution is 0.0931. The number of nitrogens with zero attached hydrogens (tertiary/aromatic N) is 2. The van der Waals surface area contributed by atoms with Crippen molar-refractivity contribution < 1.29 is 4.79 Å². The number of thiophene rings is 1. The zero-order chi connectivity index (χ0) is 17.9.